The van der Waals surface area contributed by atoms with Gasteiger partial charge in [-0.1, -0.05) is 44.7 Å². The van der Waals surface area contributed by atoms with Gasteiger partial charge in [-0.2, -0.15) is 0 Å². The normalized spacial score (nSPS) is 19.8. The van der Waals surface area contributed by atoms with Crippen LogP contribution in [0.1, 0.15) is 40.5 Å². The second-order valence-electron chi connectivity index (χ2n) is 4.89. The number of hydrogen-bond donors (Lipinski definition) is 1. The van der Waals surface area contributed by atoms with Gasteiger partial charge in [-0.25, -0.2) is 0 Å². The van der Waals surface area contributed by atoms with Crippen LogP contribution in [0.3, 0.4) is 0 Å². The zero-order valence-electron chi connectivity index (χ0n) is 15.3. The molecule has 0 bridgehead atoms. The number of imide groups is 2. The number of carbonyl (C=O) groups is 4. The molecule has 1 fully saturated rings. The summed E-state index contributed by atoms with van der Waals surface area (Å²) >= 11 is 0. The summed E-state index contributed by atoms with van der Waals surface area (Å²) in [6.07, 6.45) is 6.47. The average molecular weight is 346 g/mol. The van der Waals surface area contributed by atoms with Crippen molar-refractivity contribution in [2.24, 2.45) is 0 Å². The number of carbonyl (C=O) groups excluding carboxylic acids is 4. The van der Waals surface area contributed by atoms with E-state index in [1.54, 1.807) is 19.1 Å². The highest BCUT2D eigenvalue weighted by Crippen LogP contribution is 2.27. The molecular weight excluding hydrogens is 320 g/mol. The monoisotopic (exact) mass is 346 g/mol. The van der Waals surface area contributed by atoms with E-state index in [4.69, 9.17) is 0 Å². The Labute approximate surface area is 149 Å². The molecule has 0 aliphatic carbocycles. The fourth-order valence-electron chi connectivity index (χ4n) is 2.32. The van der Waals surface area contributed by atoms with Crippen LogP contribution in [0.25, 0.3) is 0 Å². The summed E-state index contributed by atoms with van der Waals surface area (Å²) in [6, 6.07) is -0.939. The van der Waals surface area contributed by atoms with Gasteiger partial charge in [0, 0.05) is 6.42 Å². The highest BCUT2D eigenvalue weighted by Gasteiger charge is 2.44. The first kappa shape index (κ1) is 22.2. The molecule has 0 spiro atoms. The first-order chi connectivity index (χ1) is 11.9. The molecule has 4 amide bonds. The van der Waals surface area contributed by atoms with Crippen LogP contribution < -0.4 is 5.32 Å². The van der Waals surface area contributed by atoms with Crippen molar-refractivity contribution >= 4 is 23.6 Å². The van der Waals surface area contributed by atoms with E-state index in [-0.39, 0.29) is 24.0 Å². The lowest BCUT2D eigenvalue weighted by Gasteiger charge is -2.28. The Balaban J connectivity index is 0.00000104. The SMILES string of the molecule is C=CC.C=CC1=C(/C=C\C)C(=O)N(C2CCC(=O)NC2=O)C1=O.CC. The third-order valence-electron chi connectivity index (χ3n) is 3.25. The Morgan fingerprint density at radius 2 is 1.56 bits per heavy atom. The lowest BCUT2D eigenvalue weighted by atomic mass is 10.0. The van der Waals surface area contributed by atoms with E-state index in [9.17, 15) is 19.2 Å². The van der Waals surface area contributed by atoms with Crippen LogP contribution >= 0.6 is 0 Å². The maximum absolute atomic E-state index is 12.3. The average Bonchev–Trinajstić information content (AvgIpc) is 2.81. The number of rotatable bonds is 3. The minimum absolute atomic E-state index is 0.107. The summed E-state index contributed by atoms with van der Waals surface area (Å²) in [4.78, 5) is 48.4. The van der Waals surface area contributed by atoms with Crippen molar-refractivity contribution in [1.29, 1.82) is 0 Å². The van der Waals surface area contributed by atoms with E-state index in [1.807, 2.05) is 20.8 Å². The largest absolute Gasteiger partial charge is 0.295 e. The summed E-state index contributed by atoms with van der Waals surface area (Å²) < 4.78 is 0. The molecule has 1 unspecified atom stereocenters. The second kappa shape index (κ2) is 10.9. The smallest absolute Gasteiger partial charge is 0.262 e. The maximum Gasteiger partial charge on any atom is 0.262 e. The Bertz CT molecular complexity index is 629. The molecule has 6 heteroatoms. The summed E-state index contributed by atoms with van der Waals surface area (Å²) in [5.41, 5.74) is 0.398. The van der Waals surface area contributed by atoms with Crippen molar-refractivity contribution in [3.8, 4) is 0 Å². The van der Waals surface area contributed by atoms with Gasteiger partial charge in [0.25, 0.3) is 11.8 Å². The Morgan fingerprint density at radius 3 is 2.00 bits per heavy atom. The lowest BCUT2D eigenvalue weighted by Crippen LogP contribution is -2.54. The highest BCUT2D eigenvalue weighted by molar-refractivity contribution is 6.23. The fraction of sp³-hybridized carbons (Fsp3) is 0.368. The standard InChI is InChI=1S/C14H14N2O4.C3H6.C2H6/c1-3-5-9-8(4-2)13(19)16(14(9)20)10-6-7-11(17)15-12(10)18;1-3-2;1-2/h3-5,10H,2,6-7H2,1H3,(H,15,17,18);3H,1H2,2H3;1-2H3/b5-3-;;. The van der Waals surface area contributed by atoms with Crippen LogP contribution in [0.5, 0.6) is 0 Å². The van der Waals surface area contributed by atoms with Crippen LogP contribution in [0.2, 0.25) is 0 Å². The molecule has 1 atom stereocenters. The van der Waals surface area contributed by atoms with E-state index in [0.717, 1.165) is 4.90 Å². The second-order valence-corrected chi connectivity index (χ2v) is 4.89. The Morgan fingerprint density at radius 1 is 1.04 bits per heavy atom. The van der Waals surface area contributed by atoms with Crippen molar-refractivity contribution < 1.29 is 19.2 Å². The van der Waals surface area contributed by atoms with Gasteiger partial charge >= 0.3 is 0 Å². The first-order valence-electron chi connectivity index (χ1n) is 8.20. The zero-order chi connectivity index (χ0) is 19.6. The third-order valence-corrected chi connectivity index (χ3v) is 3.25. The molecular formula is C19H26N2O4. The molecule has 0 aromatic rings. The van der Waals surface area contributed by atoms with Crippen LogP contribution in [0.4, 0.5) is 0 Å². The maximum atomic E-state index is 12.3. The van der Waals surface area contributed by atoms with Gasteiger partial charge in [-0.15, -0.1) is 6.58 Å². The van der Waals surface area contributed by atoms with E-state index >= 15 is 0 Å². The summed E-state index contributed by atoms with van der Waals surface area (Å²) in [5, 5.41) is 2.14. The van der Waals surface area contributed by atoms with E-state index in [2.05, 4.69) is 18.5 Å². The number of allylic oxidation sites excluding steroid dienone is 2. The molecule has 136 valence electrons. The number of nitrogens with one attached hydrogen (secondary N) is 1. The van der Waals surface area contributed by atoms with Gasteiger partial charge in [0.15, 0.2) is 0 Å². The number of nitrogens with zero attached hydrogens (tertiary/aromatic N) is 1. The summed E-state index contributed by atoms with van der Waals surface area (Å²) in [6.45, 7) is 14.5. The lowest BCUT2D eigenvalue weighted by molar-refractivity contribution is -0.149. The zero-order valence-corrected chi connectivity index (χ0v) is 15.3. The molecule has 1 N–H and O–H groups in total. The molecule has 0 radical (unpaired) electrons. The van der Waals surface area contributed by atoms with Gasteiger partial charge in [-0.05, 0) is 20.3 Å². The quantitative estimate of drug-likeness (QED) is 0.628. The van der Waals surface area contributed by atoms with Crippen molar-refractivity contribution in [3.05, 3.63) is 48.6 Å². The molecule has 6 nitrogen and oxygen atoms in total. The number of hydrogen-bond acceptors (Lipinski definition) is 4. The van der Waals surface area contributed by atoms with Crippen molar-refractivity contribution in [2.75, 3.05) is 0 Å². The van der Waals surface area contributed by atoms with Gasteiger partial charge < -0.3 is 0 Å². The van der Waals surface area contributed by atoms with Gasteiger partial charge in [-0.3, -0.25) is 29.4 Å². The Hall–Kier alpha value is -2.76. The van der Waals surface area contributed by atoms with Crippen LogP contribution in [0.15, 0.2) is 48.6 Å². The van der Waals surface area contributed by atoms with Crippen LogP contribution in [0, 0.1) is 0 Å². The molecule has 2 rings (SSSR count). The highest BCUT2D eigenvalue weighted by atomic mass is 16.2. The minimum Gasteiger partial charge on any atom is -0.295 e. The number of piperidine rings is 1. The number of amides is 4. The molecule has 0 aromatic carbocycles. The van der Waals surface area contributed by atoms with Gasteiger partial charge in [0.1, 0.15) is 6.04 Å². The predicted octanol–water partition coefficient (Wildman–Crippen LogP) is 2.44. The summed E-state index contributed by atoms with van der Waals surface area (Å²) in [7, 11) is 0. The molecule has 0 saturated carbocycles. The first-order valence-corrected chi connectivity index (χ1v) is 8.20. The van der Waals surface area contributed by atoms with Gasteiger partial charge in [0.05, 0.1) is 11.1 Å². The van der Waals surface area contributed by atoms with Crippen molar-refractivity contribution in [2.45, 2.75) is 46.6 Å². The fourth-order valence-corrected chi connectivity index (χ4v) is 2.32. The Kier molecular flexibility index (Phi) is 9.71. The predicted molar refractivity (Wildman–Crippen MR) is 97.3 cm³/mol. The topological polar surface area (TPSA) is 83.6 Å². The van der Waals surface area contributed by atoms with Crippen molar-refractivity contribution in [3.63, 3.8) is 0 Å². The molecule has 0 aromatic heterocycles. The minimum atomic E-state index is -0.939. The molecule has 1 saturated heterocycles. The van der Waals surface area contributed by atoms with Crippen LogP contribution in [-0.2, 0) is 19.2 Å². The molecule has 2 aliphatic rings. The van der Waals surface area contributed by atoms with Crippen molar-refractivity contribution in [1.82, 2.24) is 10.2 Å². The van der Waals surface area contributed by atoms with E-state index < -0.39 is 29.7 Å². The molecule has 2 aliphatic heterocycles. The molecule has 2 heterocycles. The van der Waals surface area contributed by atoms with E-state index in [1.165, 1.54) is 12.2 Å². The molecule has 25 heavy (non-hydrogen) atoms. The third kappa shape index (κ3) is 5.11. The summed E-state index contributed by atoms with van der Waals surface area (Å²) in [5.74, 6) is -2.09. The van der Waals surface area contributed by atoms with Crippen LogP contribution in [-0.4, -0.2) is 34.6 Å². The van der Waals surface area contributed by atoms with Gasteiger partial charge in [0.2, 0.25) is 11.8 Å². The van der Waals surface area contributed by atoms with E-state index in [0.29, 0.717) is 0 Å².